The Labute approximate surface area is 115 Å². The Hall–Kier alpha value is -2.50. The third-order valence-corrected chi connectivity index (χ3v) is 3.67. The molecule has 0 unspecified atom stereocenters. The Morgan fingerprint density at radius 2 is 1.80 bits per heavy atom. The van der Waals surface area contributed by atoms with E-state index in [0.29, 0.717) is 18.1 Å². The maximum Gasteiger partial charge on any atom is 0.332 e. The van der Waals surface area contributed by atoms with Crippen molar-refractivity contribution in [3.8, 4) is 0 Å². The second-order valence-electron chi connectivity index (χ2n) is 4.79. The summed E-state index contributed by atoms with van der Waals surface area (Å²) in [5.41, 5.74) is 1.72. The quantitative estimate of drug-likeness (QED) is 0.850. The molecule has 0 saturated heterocycles. The van der Waals surface area contributed by atoms with Gasteiger partial charge in [0.1, 0.15) is 11.5 Å². The molecule has 1 aromatic heterocycles. The van der Waals surface area contributed by atoms with Gasteiger partial charge in [0.15, 0.2) is 0 Å². The molecule has 0 atom stereocenters. The van der Waals surface area contributed by atoms with Crippen molar-refractivity contribution in [2.45, 2.75) is 6.92 Å². The smallest absolute Gasteiger partial charge is 0.332 e. The van der Waals surface area contributed by atoms with E-state index < -0.39 is 0 Å². The number of aromatic nitrogens is 2. The summed E-state index contributed by atoms with van der Waals surface area (Å²) >= 11 is 0. The van der Waals surface area contributed by atoms with Crippen molar-refractivity contribution in [2.24, 2.45) is 14.1 Å². The van der Waals surface area contributed by atoms with Crippen molar-refractivity contribution < 1.29 is 0 Å². The number of rotatable bonds is 1. The molecule has 1 N–H and O–H groups in total. The highest BCUT2D eigenvalue weighted by Gasteiger charge is 2.27. The van der Waals surface area contributed by atoms with E-state index in [2.05, 4.69) is 5.32 Å². The highest BCUT2D eigenvalue weighted by atomic mass is 16.2. The first-order chi connectivity index (χ1) is 9.56. The maximum absolute atomic E-state index is 12.4. The number of hydrogen-bond acceptors (Lipinski definition) is 4. The summed E-state index contributed by atoms with van der Waals surface area (Å²) in [6.07, 6.45) is 0. The van der Waals surface area contributed by atoms with Crippen molar-refractivity contribution >= 4 is 22.9 Å². The van der Waals surface area contributed by atoms with Gasteiger partial charge in [-0.25, -0.2) is 4.79 Å². The molecule has 104 valence electrons. The van der Waals surface area contributed by atoms with Crippen molar-refractivity contribution in [3.05, 3.63) is 45.1 Å². The number of hydrogen-bond donors (Lipinski definition) is 1. The van der Waals surface area contributed by atoms with Gasteiger partial charge < -0.3 is 10.2 Å². The number of nitrogens with one attached hydrogen (secondary N) is 1. The molecule has 0 aliphatic carbocycles. The lowest BCUT2D eigenvalue weighted by atomic mass is 10.1. The Balaban J connectivity index is 2.39. The van der Waals surface area contributed by atoms with Gasteiger partial charge in [-0.1, -0.05) is 12.1 Å². The largest absolute Gasteiger partial charge is 0.338 e. The van der Waals surface area contributed by atoms with E-state index in [0.717, 1.165) is 15.9 Å². The van der Waals surface area contributed by atoms with Gasteiger partial charge in [-0.2, -0.15) is 0 Å². The maximum atomic E-state index is 12.4. The highest BCUT2D eigenvalue weighted by molar-refractivity contribution is 5.89. The molecule has 0 radical (unpaired) electrons. The van der Waals surface area contributed by atoms with E-state index in [9.17, 15) is 9.59 Å². The van der Waals surface area contributed by atoms with Gasteiger partial charge in [-0.05, 0) is 19.1 Å². The normalized spacial score (nSPS) is 12.7. The Morgan fingerprint density at radius 3 is 2.50 bits per heavy atom. The Kier molecular flexibility index (Phi) is 2.67. The van der Waals surface area contributed by atoms with Gasteiger partial charge in [-0.3, -0.25) is 13.9 Å². The summed E-state index contributed by atoms with van der Waals surface area (Å²) in [6, 6.07) is 7.74. The van der Waals surface area contributed by atoms with Crippen LogP contribution in [0.5, 0.6) is 0 Å². The van der Waals surface area contributed by atoms with Gasteiger partial charge in [0.25, 0.3) is 5.56 Å². The van der Waals surface area contributed by atoms with Gasteiger partial charge in [-0.15, -0.1) is 0 Å². The third-order valence-electron chi connectivity index (χ3n) is 3.67. The number of para-hydroxylation sites is 2. The fourth-order valence-corrected chi connectivity index (χ4v) is 2.60. The third kappa shape index (κ3) is 1.51. The van der Waals surface area contributed by atoms with Gasteiger partial charge >= 0.3 is 5.69 Å². The molecule has 0 amide bonds. The van der Waals surface area contributed by atoms with Gasteiger partial charge in [0.2, 0.25) is 0 Å². The van der Waals surface area contributed by atoms with Crippen molar-refractivity contribution in [1.82, 2.24) is 9.13 Å². The predicted molar refractivity (Wildman–Crippen MR) is 79.3 cm³/mol. The zero-order valence-corrected chi connectivity index (χ0v) is 11.7. The van der Waals surface area contributed by atoms with Crippen LogP contribution in [-0.4, -0.2) is 15.7 Å². The summed E-state index contributed by atoms with van der Waals surface area (Å²) in [7, 11) is 3.16. The van der Waals surface area contributed by atoms with Crippen LogP contribution in [-0.2, 0) is 14.1 Å². The van der Waals surface area contributed by atoms with Crippen molar-refractivity contribution in [1.29, 1.82) is 0 Å². The number of benzene rings is 1. The molecule has 6 nitrogen and oxygen atoms in total. The van der Waals surface area contributed by atoms with E-state index in [1.165, 1.54) is 11.6 Å². The minimum absolute atomic E-state index is 0.285. The van der Waals surface area contributed by atoms with Crippen LogP contribution in [0.4, 0.5) is 22.9 Å². The highest BCUT2D eigenvalue weighted by Crippen LogP contribution is 2.40. The van der Waals surface area contributed by atoms with Crippen LogP contribution in [0.1, 0.15) is 6.92 Å². The van der Waals surface area contributed by atoms with E-state index >= 15 is 0 Å². The molecule has 1 aliphatic heterocycles. The molecule has 1 aromatic carbocycles. The fourth-order valence-electron chi connectivity index (χ4n) is 2.60. The summed E-state index contributed by atoms with van der Waals surface area (Å²) < 4.78 is 2.60. The number of anilines is 4. The molecule has 6 heteroatoms. The molecular formula is C14H16N4O2. The average molecular weight is 272 g/mol. The first-order valence-corrected chi connectivity index (χ1v) is 6.50. The summed E-state index contributed by atoms with van der Waals surface area (Å²) in [5, 5.41) is 3.19. The zero-order valence-electron chi connectivity index (χ0n) is 11.7. The average Bonchev–Trinajstić information content (AvgIpc) is 2.48. The number of fused-ring (bicyclic) bond motifs is 2. The molecule has 0 spiro atoms. The topological polar surface area (TPSA) is 59.3 Å². The van der Waals surface area contributed by atoms with E-state index in [-0.39, 0.29) is 11.2 Å². The van der Waals surface area contributed by atoms with Crippen LogP contribution < -0.4 is 21.5 Å². The molecule has 2 heterocycles. The lowest BCUT2D eigenvalue weighted by Crippen LogP contribution is -2.42. The Bertz CT molecular complexity index is 804. The van der Waals surface area contributed by atoms with Crippen LogP contribution in [0.25, 0.3) is 0 Å². The standard InChI is InChI=1S/C14H16N4O2/c1-4-18-10-8-6-5-7-9(10)15-12-11(18)13(19)17(3)14(20)16(12)2/h5-8,15H,4H2,1-3H3. The second-order valence-corrected chi connectivity index (χ2v) is 4.79. The molecule has 2 aromatic rings. The first kappa shape index (κ1) is 12.5. The van der Waals surface area contributed by atoms with Crippen molar-refractivity contribution in [2.75, 3.05) is 16.8 Å². The summed E-state index contributed by atoms with van der Waals surface area (Å²) in [5.74, 6) is 0.540. The summed E-state index contributed by atoms with van der Waals surface area (Å²) in [4.78, 5) is 26.4. The minimum atomic E-state index is -0.336. The second kappa shape index (κ2) is 4.26. The van der Waals surface area contributed by atoms with Gasteiger partial charge in [0, 0.05) is 20.6 Å². The van der Waals surface area contributed by atoms with E-state index in [4.69, 9.17) is 0 Å². The summed E-state index contributed by atoms with van der Waals surface area (Å²) in [6.45, 7) is 2.63. The lowest BCUT2D eigenvalue weighted by Gasteiger charge is -2.33. The molecule has 0 fully saturated rings. The van der Waals surface area contributed by atoms with Crippen molar-refractivity contribution in [3.63, 3.8) is 0 Å². The van der Waals surface area contributed by atoms with E-state index in [1.54, 1.807) is 7.05 Å². The molecule has 20 heavy (non-hydrogen) atoms. The van der Waals surface area contributed by atoms with Crippen LogP contribution >= 0.6 is 0 Å². The van der Waals surface area contributed by atoms with Gasteiger partial charge in [0.05, 0.1) is 11.4 Å². The molecule has 1 aliphatic rings. The lowest BCUT2D eigenvalue weighted by molar-refractivity contribution is 0.687. The van der Waals surface area contributed by atoms with E-state index in [1.807, 2.05) is 36.1 Å². The molecule has 3 rings (SSSR count). The van der Waals surface area contributed by atoms with Crippen LogP contribution in [0.3, 0.4) is 0 Å². The minimum Gasteiger partial charge on any atom is -0.338 e. The fraction of sp³-hybridized carbons (Fsp3) is 0.286. The Morgan fingerprint density at radius 1 is 1.10 bits per heavy atom. The van der Waals surface area contributed by atoms with Crippen LogP contribution in [0.15, 0.2) is 33.9 Å². The first-order valence-electron chi connectivity index (χ1n) is 6.50. The zero-order chi connectivity index (χ0) is 14.4. The molecule has 0 saturated carbocycles. The molecular weight excluding hydrogens is 256 g/mol. The SMILES string of the molecule is CCN1c2ccccc2Nc2c1c(=O)n(C)c(=O)n2C. The predicted octanol–water partition coefficient (Wildman–Crippen LogP) is 1.30. The van der Waals surface area contributed by atoms with Crippen LogP contribution in [0, 0.1) is 0 Å². The number of nitrogens with zero attached hydrogens (tertiary/aromatic N) is 3. The van der Waals surface area contributed by atoms with Crippen LogP contribution in [0.2, 0.25) is 0 Å². The molecule has 0 bridgehead atoms. The monoisotopic (exact) mass is 272 g/mol.